The molecule has 1 heterocycles. The Morgan fingerprint density at radius 3 is 2.43 bits per heavy atom. The van der Waals surface area contributed by atoms with Gasteiger partial charge in [-0.05, 0) is 57.0 Å². The van der Waals surface area contributed by atoms with Crippen molar-refractivity contribution in [3.63, 3.8) is 0 Å². The van der Waals surface area contributed by atoms with Gasteiger partial charge in [0.05, 0.1) is 4.90 Å². The second kappa shape index (κ2) is 9.91. The van der Waals surface area contributed by atoms with Gasteiger partial charge in [0.2, 0.25) is 0 Å². The SMILES string of the molecule is CC(C)=CCN1CCC(NC(=O)c2cccc(NS(=O)(=O)c3ccccc3)c2)CC1. The van der Waals surface area contributed by atoms with Gasteiger partial charge in [-0.2, -0.15) is 0 Å². The van der Waals surface area contributed by atoms with Crippen molar-refractivity contribution in [3.05, 3.63) is 71.8 Å². The van der Waals surface area contributed by atoms with Gasteiger partial charge in [-0.25, -0.2) is 8.42 Å². The van der Waals surface area contributed by atoms with Crippen LogP contribution in [0, 0.1) is 0 Å². The quantitative estimate of drug-likeness (QED) is 0.661. The zero-order valence-corrected chi connectivity index (χ0v) is 18.3. The molecule has 160 valence electrons. The van der Waals surface area contributed by atoms with Crippen LogP contribution in [0.2, 0.25) is 0 Å². The highest BCUT2D eigenvalue weighted by atomic mass is 32.2. The third-order valence-corrected chi connectivity index (χ3v) is 6.51. The van der Waals surface area contributed by atoms with Gasteiger partial charge >= 0.3 is 0 Å². The minimum Gasteiger partial charge on any atom is -0.349 e. The Hall–Kier alpha value is -2.64. The first kappa shape index (κ1) is 22.1. The summed E-state index contributed by atoms with van der Waals surface area (Å²) < 4.78 is 27.6. The molecule has 1 fully saturated rings. The van der Waals surface area contributed by atoms with Crippen LogP contribution in [0.4, 0.5) is 5.69 Å². The molecule has 0 unspecified atom stereocenters. The predicted molar refractivity (Wildman–Crippen MR) is 120 cm³/mol. The number of piperidine rings is 1. The molecular formula is C23H29N3O3S. The molecule has 1 saturated heterocycles. The van der Waals surface area contributed by atoms with E-state index in [-0.39, 0.29) is 16.8 Å². The minimum atomic E-state index is -3.69. The summed E-state index contributed by atoms with van der Waals surface area (Å²) in [6.07, 6.45) is 4.03. The lowest BCUT2D eigenvalue weighted by atomic mass is 10.0. The summed E-state index contributed by atoms with van der Waals surface area (Å²) >= 11 is 0. The zero-order valence-electron chi connectivity index (χ0n) is 17.5. The first-order chi connectivity index (χ1) is 14.3. The third-order valence-electron chi connectivity index (χ3n) is 5.11. The summed E-state index contributed by atoms with van der Waals surface area (Å²) in [5.74, 6) is -0.182. The fourth-order valence-electron chi connectivity index (χ4n) is 3.38. The van der Waals surface area contributed by atoms with Crippen molar-refractivity contribution in [2.75, 3.05) is 24.4 Å². The number of nitrogens with zero attached hydrogens (tertiary/aromatic N) is 1. The maximum Gasteiger partial charge on any atom is 0.261 e. The molecule has 1 amide bonds. The lowest BCUT2D eigenvalue weighted by Gasteiger charge is -2.31. The largest absolute Gasteiger partial charge is 0.349 e. The minimum absolute atomic E-state index is 0.130. The van der Waals surface area contributed by atoms with Gasteiger partial charge in [-0.1, -0.05) is 35.9 Å². The van der Waals surface area contributed by atoms with Crippen LogP contribution in [0.3, 0.4) is 0 Å². The Morgan fingerprint density at radius 1 is 1.07 bits per heavy atom. The number of sulfonamides is 1. The highest BCUT2D eigenvalue weighted by Gasteiger charge is 2.21. The number of likely N-dealkylation sites (tertiary alicyclic amines) is 1. The number of hydrogen-bond acceptors (Lipinski definition) is 4. The Balaban J connectivity index is 1.58. The third kappa shape index (κ3) is 6.18. The van der Waals surface area contributed by atoms with E-state index < -0.39 is 10.0 Å². The van der Waals surface area contributed by atoms with Crippen LogP contribution >= 0.6 is 0 Å². The van der Waals surface area contributed by atoms with E-state index in [2.05, 4.69) is 34.9 Å². The number of carbonyl (C=O) groups is 1. The van der Waals surface area contributed by atoms with E-state index in [4.69, 9.17) is 0 Å². The first-order valence-corrected chi connectivity index (χ1v) is 11.7. The van der Waals surface area contributed by atoms with Gasteiger partial charge in [-0.15, -0.1) is 0 Å². The van der Waals surface area contributed by atoms with E-state index in [1.807, 2.05) is 0 Å². The van der Waals surface area contributed by atoms with Gasteiger partial charge in [0, 0.05) is 36.9 Å². The second-order valence-corrected chi connectivity index (χ2v) is 9.51. The number of hydrogen-bond donors (Lipinski definition) is 2. The topological polar surface area (TPSA) is 78.5 Å². The molecule has 0 saturated carbocycles. The molecule has 2 aromatic carbocycles. The molecular weight excluding hydrogens is 398 g/mol. The first-order valence-electron chi connectivity index (χ1n) is 10.2. The van der Waals surface area contributed by atoms with Crippen LogP contribution in [0.5, 0.6) is 0 Å². The fraction of sp³-hybridized carbons (Fsp3) is 0.348. The number of carbonyl (C=O) groups excluding carboxylic acids is 1. The normalized spacial score (nSPS) is 15.4. The number of rotatable bonds is 7. The van der Waals surface area contributed by atoms with E-state index in [1.54, 1.807) is 42.5 Å². The van der Waals surface area contributed by atoms with Gasteiger partial charge in [0.15, 0.2) is 0 Å². The van der Waals surface area contributed by atoms with Gasteiger partial charge in [0.1, 0.15) is 0 Å². The van der Waals surface area contributed by atoms with Crippen molar-refractivity contribution in [2.24, 2.45) is 0 Å². The van der Waals surface area contributed by atoms with E-state index in [9.17, 15) is 13.2 Å². The van der Waals surface area contributed by atoms with Crippen molar-refractivity contribution in [3.8, 4) is 0 Å². The summed E-state index contributed by atoms with van der Waals surface area (Å²) in [5.41, 5.74) is 2.12. The lowest BCUT2D eigenvalue weighted by molar-refractivity contribution is 0.0914. The standard InChI is InChI=1S/C23H29N3O3S/c1-18(2)11-14-26-15-12-20(13-16-26)24-23(27)19-7-6-8-21(17-19)25-30(28,29)22-9-4-3-5-10-22/h3-11,17,20,25H,12-16H2,1-2H3,(H,24,27). The zero-order chi connectivity index (χ0) is 21.6. The van der Waals surface area contributed by atoms with Crippen LogP contribution in [0.25, 0.3) is 0 Å². The Morgan fingerprint density at radius 2 is 1.77 bits per heavy atom. The molecule has 3 rings (SSSR count). The van der Waals surface area contributed by atoms with Crippen LogP contribution in [-0.4, -0.2) is 44.9 Å². The highest BCUT2D eigenvalue weighted by Crippen LogP contribution is 2.18. The average molecular weight is 428 g/mol. The lowest BCUT2D eigenvalue weighted by Crippen LogP contribution is -2.44. The monoisotopic (exact) mass is 427 g/mol. The number of benzene rings is 2. The number of amides is 1. The van der Waals surface area contributed by atoms with Crippen molar-refractivity contribution in [1.82, 2.24) is 10.2 Å². The van der Waals surface area contributed by atoms with Crippen molar-refractivity contribution < 1.29 is 13.2 Å². The van der Waals surface area contributed by atoms with Gasteiger partial charge in [0.25, 0.3) is 15.9 Å². The molecule has 7 heteroatoms. The van der Waals surface area contributed by atoms with Crippen LogP contribution in [-0.2, 0) is 10.0 Å². The summed E-state index contributed by atoms with van der Waals surface area (Å²) in [6, 6.07) is 14.9. The van der Waals surface area contributed by atoms with Crippen LogP contribution < -0.4 is 10.0 Å². The molecule has 0 radical (unpaired) electrons. The van der Waals surface area contributed by atoms with E-state index in [1.165, 1.54) is 17.7 Å². The molecule has 6 nitrogen and oxygen atoms in total. The molecule has 0 aliphatic carbocycles. The molecule has 0 atom stereocenters. The second-order valence-electron chi connectivity index (χ2n) is 7.83. The number of nitrogens with one attached hydrogen (secondary N) is 2. The van der Waals surface area contributed by atoms with E-state index in [0.717, 1.165) is 32.5 Å². The summed E-state index contributed by atoms with van der Waals surface area (Å²) in [7, 11) is -3.69. The van der Waals surface area contributed by atoms with Crippen molar-refractivity contribution in [1.29, 1.82) is 0 Å². The molecule has 1 aliphatic heterocycles. The molecule has 0 bridgehead atoms. The van der Waals surface area contributed by atoms with Crippen molar-refractivity contribution in [2.45, 2.75) is 37.6 Å². The molecule has 30 heavy (non-hydrogen) atoms. The Labute approximate surface area is 179 Å². The van der Waals surface area contributed by atoms with Gasteiger partial charge in [-0.3, -0.25) is 14.4 Å². The van der Waals surface area contributed by atoms with E-state index in [0.29, 0.717) is 11.3 Å². The Kier molecular flexibility index (Phi) is 7.29. The number of anilines is 1. The maximum atomic E-state index is 12.7. The summed E-state index contributed by atoms with van der Waals surface area (Å²) in [4.78, 5) is 15.2. The molecule has 2 N–H and O–H groups in total. The maximum absolute atomic E-state index is 12.7. The molecule has 0 aromatic heterocycles. The van der Waals surface area contributed by atoms with Gasteiger partial charge < -0.3 is 5.32 Å². The Bertz CT molecular complexity index is 991. The summed E-state index contributed by atoms with van der Waals surface area (Å²) in [6.45, 7) is 7.05. The van der Waals surface area contributed by atoms with Crippen LogP contribution in [0.15, 0.2) is 71.1 Å². The van der Waals surface area contributed by atoms with Crippen molar-refractivity contribution >= 4 is 21.6 Å². The highest BCUT2D eigenvalue weighted by molar-refractivity contribution is 7.92. The number of allylic oxidation sites excluding steroid dienone is 1. The average Bonchev–Trinajstić information content (AvgIpc) is 2.74. The molecule has 1 aliphatic rings. The molecule has 0 spiro atoms. The summed E-state index contributed by atoms with van der Waals surface area (Å²) in [5, 5.41) is 3.08. The van der Waals surface area contributed by atoms with Crippen LogP contribution in [0.1, 0.15) is 37.0 Å². The predicted octanol–water partition coefficient (Wildman–Crippen LogP) is 3.65. The molecule has 2 aromatic rings. The fourth-order valence-corrected chi connectivity index (χ4v) is 4.45. The smallest absolute Gasteiger partial charge is 0.261 e. The van der Waals surface area contributed by atoms with E-state index >= 15 is 0 Å².